The number of benzene rings is 2. The average molecular weight is 362 g/mol. The van der Waals surface area contributed by atoms with Crippen LogP contribution in [-0.2, 0) is 15.7 Å². The molecule has 0 aliphatic heterocycles. The summed E-state index contributed by atoms with van der Waals surface area (Å²) >= 11 is 0. The maximum absolute atomic E-state index is 12.6. The number of rotatable bonds is 5. The van der Waals surface area contributed by atoms with Crippen LogP contribution in [0.25, 0.3) is 6.08 Å². The van der Waals surface area contributed by atoms with Crippen molar-refractivity contribution in [2.75, 3.05) is 6.61 Å². The Balaban J connectivity index is 1.96. The first-order chi connectivity index (χ1) is 12.2. The normalized spacial score (nSPS) is 11.6. The summed E-state index contributed by atoms with van der Waals surface area (Å²) in [5.74, 6) is -1.15. The minimum atomic E-state index is -4.46. The van der Waals surface area contributed by atoms with Crippen molar-refractivity contribution in [2.24, 2.45) is 0 Å². The molecule has 0 amide bonds. The average Bonchev–Trinajstić information content (AvgIpc) is 2.57. The molecule has 3 nitrogen and oxygen atoms in total. The summed E-state index contributed by atoms with van der Waals surface area (Å²) < 4.78 is 42.8. The topological polar surface area (TPSA) is 43.4 Å². The summed E-state index contributed by atoms with van der Waals surface area (Å²) in [6.07, 6.45) is -2.26. The fourth-order valence-electron chi connectivity index (χ4n) is 2.37. The molecule has 2 aromatic carbocycles. The molecule has 0 aliphatic rings. The first-order valence-electron chi connectivity index (χ1n) is 7.79. The van der Waals surface area contributed by atoms with Crippen LogP contribution in [0.4, 0.5) is 13.2 Å². The Morgan fingerprint density at radius 2 is 1.81 bits per heavy atom. The van der Waals surface area contributed by atoms with E-state index in [9.17, 15) is 22.8 Å². The molecule has 26 heavy (non-hydrogen) atoms. The predicted molar refractivity (Wildman–Crippen MR) is 91.7 cm³/mol. The molecule has 0 aliphatic carbocycles. The van der Waals surface area contributed by atoms with E-state index in [1.807, 2.05) is 13.0 Å². The first kappa shape index (κ1) is 19.4. The van der Waals surface area contributed by atoms with Gasteiger partial charge in [-0.1, -0.05) is 35.9 Å². The smallest absolute Gasteiger partial charge is 0.416 e. The van der Waals surface area contributed by atoms with Crippen molar-refractivity contribution in [3.63, 3.8) is 0 Å². The molecular weight excluding hydrogens is 345 g/mol. The van der Waals surface area contributed by atoms with E-state index in [1.165, 1.54) is 18.2 Å². The van der Waals surface area contributed by atoms with Crippen LogP contribution in [0, 0.1) is 13.8 Å². The van der Waals surface area contributed by atoms with Gasteiger partial charge in [0.25, 0.3) is 0 Å². The number of esters is 1. The SMILES string of the molecule is Cc1ccc(C(=O)COC(=O)/C=C/c2cccc(C(F)(F)F)c2)c(C)c1. The lowest BCUT2D eigenvalue weighted by Crippen LogP contribution is -2.13. The van der Waals surface area contributed by atoms with Crippen LogP contribution < -0.4 is 0 Å². The Kier molecular flexibility index (Phi) is 5.97. The minimum Gasteiger partial charge on any atom is -0.454 e. The Bertz CT molecular complexity index is 852. The molecule has 6 heteroatoms. The zero-order chi connectivity index (χ0) is 19.3. The predicted octanol–water partition coefficient (Wildman–Crippen LogP) is 4.76. The van der Waals surface area contributed by atoms with Crippen molar-refractivity contribution < 1.29 is 27.5 Å². The third-order valence-electron chi connectivity index (χ3n) is 3.65. The molecule has 0 aromatic heterocycles. The van der Waals surface area contributed by atoms with Crippen LogP contribution >= 0.6 is 0 Å². The Hall–Kier alpha value is -2.89. The van der Waals surface area contributed by atoms with Crippen molar-refractivity contribution >= 4 is 17.8 Å². The molecule has 0 fully saturated rings. The van der Waals surface area contributed by atoms with Crippen LogP contribution in [-0.4, -0.2) is 18.4 Å². The number of alkyl halides is 3. The Labute approximate surface area is 149 Å². The molecule has 0 unspecified atom stereocenters. The van der Waals surface area contributed by atoms with Gasteiger partial charge in [0.1, 0.15) is 0 Å². The molecule has 2 rings (SSSR count). The lowest BCUT2D eigenvalue weighted by atomic mass is 10.0. The highest BCUT2D eigenvalue weighted by molar-refractivity contribution is 6.00. The number of hydrogen-bond acceptors (Lipinski definition) is 3. The molecule has 0 spiro atoms. The highest BCUT2D eigenvalue weighted by Crippen LogP contribution is 2.29. The number of aryl methyl sites for hydroxylation is 2. The number of Topliss-reactive ketones (excluding diaryl/α,β-unsaturated/α-hetero) is 1. The van der Waals surface area contributed by atoms with Gasteiger partial charge >= 0.3 is 12.1 Å². The maximum Gasteiger partial charge on any atom is 0.416 e. The minimum absolute atomic E-state index is 0.206. The Morgan fingerprint density at radius 1 is 1.08 bits per heavy atom. The van der Waals surface area contributed by atoms with Crippen molar-refractivity contribution in [3.05, 3.63) is 76.4 Å². The van der Waals surface area contributed by atoms with Gasteiger partial charge in [0.15, 0.2) is 6.61 Å². The van der Waals surface area contributed by atoms with Gasteiger partial charge in [-0.3, -0.25) is 4.79 Å². The highest BCUT2D eigenvalue weighted by Gasteiger charge is 2.30. The van der Waals surface area contributed by atoms with E-state index in [4.69, 9.17) is 4.74 Å². The lowest BCUT2D eigenvalue weighted by molar-refractivity contribution is -0.138. The monoisotopic (exact) mass is 362 g/mol. The molecule has 0 saturated carbocycles. The Morgan fingerprint density at radius 3 is 2.46 bits per heavy atom. The van der Waals surface area contributed by atoms with E-state index in [0.717, 1.165) is 29.3 Å². The fourth-order valence-corrected chi connectivity index (χ4v) is 2.37. The van der Waals surface area contributed by atoms with Crippen molar-refractivity contribution in [1.82, 2.24) is 0 Å². The van der Waals surface area contributed by atoms with E-state index in [2.05, 4.69) is 0 Å². The van der Waals surface area contributed by atoms with Crippen LogP contribution in [0.15, 0.2) is 48.5 Å². The molecule has 0 radical (unpaired) electrons. The maximum atomic E-state index is 12.6. The summed E-state index contributed by atoms with van der Waals surface area (Å²) in [6, 6.07) is 9.84. The molecule has 0 atom stereocenters. The van der Waals surface area contributed by atoms with Crippen LogP contribution in [0.1, 0.15) is 32.6 Å². The second kappa shape index (κ2) is 7.99. The molecule has 0 saturated heterocycles. The summed E-state index contributed by atoms with van der Waals surface area (Å²) in [7, 11) is 0. The van der Waals surface area contributed by atoms with E-state index in [-0.39, 0.29) is 11.3 Å². The summed E-state index contributed by atoms with van der Waals surface area (Å²) in [5.41, 5.74) is 1.66. The van der Waals surface area contributed by atoms with Crippen molar-refractivity contribution in [1.29, 1.82) is 0 Å². The second-order valence-corrected chi connectivity index (χ2v) is 5.81. The van der Waals surface area contributed by atoms with Gasteiger partial charge in [-0.05, 0) is 43.2 Å². The molecule has 0 heterocycles. The molecule has 0 bridgehead atoms. The van der Waals surface area contributed by atoms with Crippen LogP contribution in [0.2, 0.25) is 0 Å². The number of halogens is 3. The van der Waals surface area contributed by atoms with E-state index >= 15 is 0 Å². The summed E-state index contributed by atoms with van der Waals surface area (Å²) in [6.45, 7) is 3.26. The van der Waals surface area contributed by atoms with E-state index in [1.54, 1.807) is 19.1 Å². The van der Waals surface area contributed by atoms with Gasteiger partial charge in [0, 0.05) is 11.6 Å². The van der Waals surface area contributed by atoms with Crippen LogP contribution in [0.5, 0.6) is 0 Å². The van der Waals surface area contributed by atoms with Gasteiger partial charge in [0.2, 0.25) is 5.78 Å². The van der Waals surface area contributed by atoms with Crippen molar-refractivity contribution in [2.45, 2.75) is 20.0 Å². The highest BCUT2D eigenvalue weighted by atomic mass is 19.4. The molecule has 136 valence electrons. The third-order valence-corrected chi connectivity index (χ3v) is 3.65. The zero-order valence-electron chi connectivity index (χ0n) is 14.3. The standard InChI is InChI=1S/C20H17F3O3/c1-13-6-8-17(14(2)10-13)18(24)12-26-19(25)9-7-15-4-3-5-16(11-15)20(21,22)23/h3-11H,12H2,1-2H3/b9-7+. The lowest BCUT2D eigenvalue weighted by Gasteiger charge is -2.07. The molecular formula is C20H17F3O3. The zero-order valence-corrected chi connectivity index (χ0v) is 14.3. The van der Waals surface area contributed by atoms with Gasteiger partial charge in [-0.25, -0.2) is 4.79 Å². The fraction of sp³-hybridized carbons (Fsp3) is 0.200. The third kappa shape index (κ3) is 5.31. The van der Waals surface area contributed by atoms with E-state index < -0.39 is 24.3 Å². The number of ether oxygens (including phenoxy) is 1. The van der Waals surface area contributed by atoms with Gasteiger partial charge in [0.05, 0.1) is 5.56 Å². The molecule has 0 N–H and O–H groups in total. The number of ketones is 1. The second-order valence-electron chi connectivity index (χ2n) is 5.81. The van der Waals surface area contributed by atoms with Gasteiger partial charge in [-0.15, -0.1) is 0 Å². The quantitative estimate of drug-likeness (QED) is 0.437. The first-order valence-corrected chi connectivity index (χ1v) is 7.79. The number of carbonyl (C=O) groups excluding carboxylic acids is 2. The van der Waals surface area contributed by atoms with Crippen LogP contribution in [0.3, 0.4) is 0 Å². The molecule has 2 aromatic rings. The largest absolute Gasteiger partial charge is 0.454 e. The van der Waals surface area contributed by atoms with Gasteiger partial charge in [-0.2, -0.15) is 13.2 Å². The summed E-state index contributed by atoms with van der Waals surface area (Å²) in [5, 5.41) is 0. The number of hydrogen-bond donors (Lipinski definition) is 0. The van der Waals surface area contributed by atoms with E-state index in [0.29, 0.717) is 5.56 Å². The number of carbonyl (C=O) groups is 2. The summed E-state index contributed by atoms with van der Waals surface area (Å²) in [4.78, 5) is 23.8. The van der Waals surface area contributed by atoms with Crippen molar-refractivity contribution in [3.8, 4) is 0 Å². The van der Waals surface area contributed by atoms with Gasteiger partial charge < -0.3 is 4.74 Å².